The number of hydrogen-bond donors (Lipinski definition) is 1. The molecule has 166 valence electrons. The van der Waals surface area contributed by atoms with E-state index in [1.54, 1.807) is 0 Å². The molecule has 0 saturated carbocycles. The molecule has 2 aliphatic rings. The molecule has 1 atom stereocenters. The van der Waals surface area contributed by atoms with Gasteiger partial charge in [0.2, 0.25) is 5.91 Å². The van der Waals surface area contributed by atoms with Gasteiger partial charge in [0.25, 0.3) is 11.1 Å². The highest BCUT2D eigenvalue weighted by Crippen LogP contribution is 2.34. The molecule has 1 unspecified atom stereocenters. The monoisotopic (exact) mass is 452 g/mol. The number of rotatable bonds is 9. The summed E-state index contributed by atoms with van der Waals surface area (Å²) in [5.74, 6) is -0.401. The zero-order chi connectivity index (χ0) is 22.4. The first-order valence-electron chi connectivity index (χ1n) is 9.69. The van der Waals surface area contributed by atoms with E-state index in [0.29, 0.717) is 12.0 Å². The van der Waals surface area contributed by atoms with Crippen LogP contribution >= 0.6 is 11.8 Å². The number of methoxy groups -OCH3 is 1. The first kappa shape index (κ1) is 22.8. The number of hydrogen-bond acceptors (Lipinski definition) is 6. The largest absolute Gasteiger partial charge is 0.493 e. The Hall–Kier alpha value is -2.88. The molecular formula is C21H22F2N2O5S. The lowest BCUT2D eigenvalue weighted by Crippen LogP contribution is -2.37. The second kappa shape index (κ2) is 10.4. The number of ether oxygens (including phenoxy) is 2. The Morgan fingerprint density at radius 1 is 1.35 bits per heavy atom. The third-order valence-corrected chi connectivity index (χ3v) is 5.70. The predicted molar refractivity (Wildman–Crippen MR) is 112 cm³/mol. The maximum Gasteiger partial charge on any atom is 0.387 e. The van der Waals surface area contributed by atoms with Crippen molar-refractivity contribution in [2.75, 3.05) is 20.2 Å². The maximum atomic E-state index is 12.6. The first-order chi connectivity index (χ1) is 14.9. The van der Waals surface area contributed by atoms with E-state index in [0.717, 1.165) is 29.5 Å². The number of nitrogens with zero attached hydrogens (tertiary/aromatic N) is 1. The molecule has 0 aromatic heterocycles. The lowest BCUT2D eigenvalue weighted by molar-refractivity contribution is -0.124. The Kier molecular flexibility index (Phi) is 7.67. The van der Waals surface area contributed by atoms with Gasteiger partial charge in [-0.2, -0.15) is 8.78 Å². The number of alkyl halides is 2. The molecule has 3 rings (SSSR count). The molecule has 1 aromatic rings. The van der Waals surface area contributed by atoms with Crippen LogP contribution in [0.4, 0.5) is 13.6 Å². The fourth-order valence-corrected chi connectivity index (χ4v) is 4.16. The van der Waals surface area contributed by atoms with Gasteiger partial charge in [-0.05, 0) is 54.3 Å². The number of imide groups is 1. The van der Waals surface area contributed by atoms with Gasteiger partial charge >= 0.3 is 6.61 Å². The molecule has 3 amide bonds. The molecule has 0 radical (unpaired) electrons. The van der Waals surface area contributed by atoms with E-state index in [4.69, 9.17) is 4.74 Å². The maximum absolute atomic E-state index is 12.6. The second-order valence-electron chi connectivity index (χ2n) is 6.94. The predicted octanol–water partition coefficient (Wildman–Crippen LogP) is 3.81. The number of amides is 3. The lowest BCUT2D eigenvalue weighted by atomic mass is 10.1. The van der Waals surface area contributed by atoms with E-state index >= 15 is 0 Å². The Bertz CT molecular complexity index is 919. The summed E-state index contributed by atoms with van der Waals surface area (Å²) in [7, 11) is 1.31. The summed E-state index contributed by atoms with van der Waals surface area (Å²) in [6.45, 7) is -2.75. The van der Waals surface area contributed by atoms with Gasteiger partial charge in [-0.1, -0.05) is 18.2 Å². The standard InChI is InChI=1S/C21H22F2N2O5S/c1-29-16-10-14(6-7-15(16)30-20(22)23)11-17-19(27)25(21(28)31-17)9-8-24-18(26)12-13-4-2-3-5-13/h2,4,6-7,10-11,13,20H,3,5,8-9,12H2,1H3,(H,24,26)/b17-11-. The van der Waals surface area contributed by atoms with E-state index in [9.17, 15) is 23.2 Å². The van der Waals surface area contributed by atoms with Gasteiger partial charge in [0.1, 0.15) is 0 Å². The third kappa shape index (κ3) is 6.06. The van der Waals surface area contributed by atoms with Crippen molar-refractivity contribution < 1.29 is 32.6 Å². The molecule has 7 nitrogen and oxygen atoms in total. The van der Waals surface area contributed by atoms with Gasteiger partial charge in [0.15, 0.2) is 11.5 Å². The molecule has 10 heteroatoms. The quantitative estimate of drug-likeness (QED) is 0.453. The number of halogens is 2. The van der Waals surface area contributed by atoms with Crippen molar-refractivity contribution in [1.29, 1.82) is 0 Å². The van der Waals surface area contributed by atoms with E-state index in [1.165, 1.54) is 31.4 Å². The van der Waals surface area contributed by atoms with Crippen molar-refractivity contribution in [3.8, 4) is 11.5 Å². The summed E-state index contributed by atoms with van der Waals surface area (Å²) in [5.41, 5.74) is 0.488. The van der Waals surface area contributed by atoms with Crippen LogP contribution in [-0.2, 0) is 9.59 Å². The molecule has 0 spiro atoms. The van der Waals surface area contributed by atoms with E-state index in [1.807, 2.05) is 6.08 Å². The SMILES string of the molecule is COc1cc(/C=C2\SC(=O)N(CCNC(=O)CC3C=CCC3)C2=O)ccc1OC(F)F. The fourth-order valence-electron chi connectivity index (χ4n) is 3.29. The van der Waals surface area contributed by atoms with Crippen LogP contribution in [0.5, 0.6) is 11.5 Å². The first-order valence-corrected chi connectivity index (χ1v) is 10.5. The Morgan fingerprint density at radius 3 is 2.84 bits per heavy atom. The van der Waals surface area contributed by atoms with E-state index in [-0.39, 0.29) is 41.3 Å². The Labute approximate surface area is 182 Å². The molecule has 1 heterocycles. The van der Waals surface area contributed by atoms with E-state index in [2.05, 4.69) is 16.1 Å². The summed E-state index contributed by atoms with van der Waals surface area (Å²) in [6, 6.07) is 4.21. The average molecular weight is 452 g/mol. The van der Waals surface area contributed by atoms with Crippen molar-refractivity contribution in [1.82, 2.24) is 10.2 Å². The van der Waals surface area contributed by atoms with E-state index < -0.39 is 17.8 Å². The second-order valence-corrected chi connectivity index (χ2v) is 7.93. The summed E-state index contributed by atoms with van der Waals surface area (Å²) in [6.07, 6.45) is 7.90. The zero-order valence-corrected chi connectivity index (χ0v) is 17.6. The number of benzene rings is 1. The average Bonchev–Trinajstić information content (AvgIpc) is 3.32. The summed E-state index contributed by atoms with van der Waals surface area (Å²) in [4.78, 5) is 38.0. The summed E-state index contributed by atoms with van der Waals surface area (Å²) in [5, 5.41) is 2.30. The lowest BCUT2D eigenvalue weighted by Gasteiger charge is -2.14. The number of thioether (sulfide) groups is 1. The summed E-state index contributed by atoms with van der Waals surface area (Å²) < 4.78 is 34.3. The van der Waals surface area contributed by atoms with Crippen molar-refractivity contribution in [2.24, 2.45) is 5.92 Å². The van der Waals surface area contributed by atoms with Crippen LogP contribution in [0.15, 0.2) is 35.3 Å². The molecule has 0 bridgehead atoms. The molecule has 1 fully saturated rings. The third-order valence-electron chi connectivity index (χ3n) is 4.79. The molecule has 1 aliphatic carbocycles. The molecule has 1 saturated heterocycles. The number of carbonyl (C=O) groups is 3. The normalized spacial score (nSPS) is 19.5. The van der Waals surface area contributed by atoms with Gasteiger partial charge in [-0.15, -0.1) is 0 Å². The molecule has 1 N–H and O–H groups in total. The number of carbonyl (C=O) groups excluding carboxylic acids is 3. The number of nitrogens with one attached hydrogen (secondary N) is 1. The van der Waals surface area contributed by atoms with Crippen molar-refractivity contribution in [3.63, 3.8) is 0 Å². The molecule has 1 aliphatic heterocycles. The van der Waals surface area contributed by atoms with Crippen molar-refractivity contribution >= 4 is 34.9 Å². The molecule has 1 aromatic carbocycles. The van der Waals surface area contributed by atoms with Gasteiger partial charge < -0.3 is 14.8 Å². The highest BCUT2D eigenvalue weighted by Gasteiger charge is 2.34. The van der Waals surface area contributed by atoms with Crippen LogP contribution in [0.3, 0.4) is 0 Å². The molecule has 31 heavy (non-hydrogen) atoms. The summed E-state index contributed by atoms with van der Waals surface area (Å²) >= 11 is 0.775. The van der Waals surface area contributed by atoms with Gasteiger partial charge in [-0.25, -0.2) is 0 Å². The highest BCUT2D eigenvalue weighted by atomic mass is 32.2. The Morgan fingerprint density at radius 2 is 2.16 bits per heavy atom. The van der Waals surface area contributed by atoms with Crippen LogP contribution in [0.2, 0.25) is 0 Å². The van der Waals surface area contributed by atoms with Gasteiger partial charge in [-0.3, -0.25) is 19.3 Å². The fraction of sp³-hybridized carbons (Fsp3) is 0.381. The number of allylic oxidation sites excluding steroid dienone is 2. The van der Waals surface area contributed by atoms with Crippen molar-refractivity contribution in [3.05, 3.63) is 40.8 Å². The van der Waals surface area contributed by atoms with Gasteiger partial charge in [0, 0.05) is 19.5 Å². The van der Waals surface area contributed by atoms with Crippen LogP contribution in [0, 0.1) is 5.92 Å². The highest BCUT2D eigenvalue weighted by molar-refractivity contribution is 8.18. The van der Waals surface area contributed by atoms with Crippen LogP contribution in [-0.4, -0.2) is 48.8 Å². The topological polar surface area (TPSA) is 84.9 Å². The van der Waals surface area contributed by atoms with Crippen LogP contribution in [0.1, 0.15) is 24.8 Å². The van der Waals surface area contributed by atoms with Crippen LogP contribution in [0.25, 0.3) is 6.08 Å². The van der Waals surface area contributed by atoms with Crippen molar-refractivity contribution in [2.45, 2.75) is 25.9 Å². The van der Waals surface area contributed by atoms with Gasteiger partial charge in [0.05, 0.1) is 12.0 Å². The Balaban J connectivity index is 1.58. The zero-order valence-electron chi connectivity index (χ0n) is 16.8. The minimum Gasteiger partial charge on any atom is -0.493 e. The molecular weight excluding hydrogens is 430 g/mol. The van der Waals surface area contributed by atoms with Crippen LogP contribution < -0.4 is 14.8 Å². The minimum absolute atomic E-state index is 0.0682. The minimum atomic E-state index is -2.99. The smallest absolute Gasteiger partial charge is 0.387 e.